The van der Waals surface area contributed by atoms with Crippen LogP contribution < -0.4 is 10.6 Å². The topological polar surface area (TPSA) is 54.9 Å². The molecule has 26 heavy (non-hydrogen) atoms. The Hall–Kier alpha value is -0.860. The predicted molar refractivity (Wildman–Crippen MR) is 120 cm³/mol. The number of guanidine groups is 1. The van der Waals surface area contributed by atoms with Gasteiger partial charge in [0.1, 0.15) is 0 Å². The van der Waals surface area contributed by atoms with E-state index in [0.717, 1.165) is 38.7 Å². The van der Waals surface area contributed by atoms with Gasteiger partial charge in [-0.05, 0) is 37.3 Å². The number of hydrogen-bond acceptors (Lipinski definition) is 3. The summed E-state index contributed by atoms with van der Waals surface area (Å²) >= 11 is 0. The van der Waals surface area contributed by atoms with E-state index in [4.69, 9.17) is 9.47 Å². The van der Waals surface area contributed by atoms with Crippen LogP contribution in [0.3, 0.4) is 0 Å². The fraction of sp³-hybridized carbons (Fsp3) is 0.650. The molecule has 2 N–H and O–H groups in total. The van der Waals surface area contributed by atoms with E-state index in [1.165, 1.54) is 11.1 Å². The molecule has 1 atom stereocenters. The van der Waals surface area contributed by atoms with E-state index in [1.807, 2.05) is 13.8 Å². The molecule has 0 saturated carbocycles. The quantitative estimate of drug-likeness (QED) is 0.288. The monoisotopic (exact) mass is 477 g/mol. The summed E-state index contributed by atoms with van der Waals surface area (Å²) in [5.41, 5.74) is 2.42. The van der Waals surface area contributed by atoms with Crippen LogP contribution in [-0.4, -0.2) is 38.9 Å². The Labute approximate surface area is 176 Å². The van der Waals surface area contributed by atoms with Gasteiger partial charge in [0, 0.05) is 33.4 Å². The second kappa shape index (κ2) is 15.2. The van der Waals surface area contributed by atoms with Crippen molar-refractivity contribution in [1.82, 2.24) is 10.6 Å². The first-order valence-electron chi connectivity index (χ1n) is 9.32. The average molecular weight is 477 g/mol. The van der Waals surface area contributed by atoms with Crippen molar-refractivity contribution in [1.29, 1.82) is 0 Å². The Morgan fingerprint density at radius 2 is 1.69 bits per heavy atom. The molecule has 0 bridgehead atoms. The predicted octanol–water partition coefficient (Wildman–Crippen LogP) is 3.96. The summed E-state index contributed by atoms with van der Waals surface area (Å²) in [6.45, 7) is 12.2. The molecule has 0 aromatic heterocycles. The fourth-order valence-electron chi connectivity index (χ4n) is 2.54. The minimum absolute atomic E-state index is 0. The molecule has 0 amide bonds. The number of ether oxygens (including phenoxy) is 2. The van der Waals surface area contributed by atoms with Gasteiger partial charge >= 0.3 is 0 Å². The molecule has 0 radical (unpaired) electrons. The number of hydrogen-bond donors (Lipinski definition) is 2. The highest BCUT2D eigenvalue weighted by molar-refractivity contribution is 14.0. The first-order valence-corrected chi connectivity index (χ1v) is 9.32. The molecule has 6 heteroatoms. The number of rotatable bonds is 11. The van der Waals surface area contributed by atoms with Crippen LogP contribution >= 0.6 is 24.0 Å². The fourth-order valence-corrected chi connectivity index (χ4v) is 2.54. The molecule has 0 spiro atoms. The third-order valence-corrected chi connectivity index (χ3v) is 4.03. The van der Waals surface area contributed by atoms with Crippen molar-refractivity contribution in [3.05, 3.63) is 35.4 Å². The van der Waals surface area contributed by atoms with Gasteiger partial charge in [-0.3, -0.25) is 4.99 Å². The smallest absolute Gasteiger partial charge is 0.191 e. The van der Waals surface area contributed by atoms with Crippen LogP contribution in [0.25, 0.3) is 0 Å². The van der Waals surface area contributed by atoms with E-state index < -0.39 is 0 Å². The second-order valence-corrected chi connectivity index (χ2v) is 6.33. The molecular formula is C20H36IN3O2. The summed E-state index contributed by atoms with van der Waals surface area (Å²) in [4.78, 5) is 4.28. The molecule has 0 fully saturated rings. The molecule has 150 valence electrons. The zero-order chi connectivity index (χ0) is 18.5. The van der Waals surface area contributed by atoms with Crippen molar-refractivity contribution in [3.63, 3.8) is 0 Å². The van der Waals surface area contributed by atoms with E-state index in [-0.39, 0.29) is 30.1 Å². The van der Waals surface area contributed by atoms with E-state index >= 15 is 0 Å². The summed E-state index contributed by atoms with van der Waals surface area (Å²) in [5.74, 6) is 1.34. The zero-order valence-electron chi connectivity index (χ0n) is 16.9. The van der Waals surface area contributed by atoms with Crippen molar-refractivity contribution in [2.45, 2.75) is 53.4 Å². The molecule has 0 aliphatic rings. The molecule has 5 nitrogen and oxygen atoms in total. The average Bonchev–Trinajstić information content (AvgIpc) is 2.62. The minimum atomic E-state index is 0. The van der Waals surface area contributed by atoms with Gasteiger partial charge < -0.3 is 20.1 Å². The van der Waals surface area contributed by atoms with Crippen LogP contribution in [0.15, 0.2) is 29.3 Å². The molecule has 0 saturated heterocycles. The van der Waals surface area contributed by atoms with Crippen molar-refractivity contribution >= 4 is 29.9 Å². The van der Waals surface area contributed by atoms with Gasteiger partial charge in [0.05, 0.1) is 12.7 Å². The lowest BCUT2D eigenvalue weighted by atomic mass is 10.0. The van der Waals surface area contributed by atoms with Gasteiger partial charge in [0.2, 0.25) is 0 Å². The number of aliphatic imine (C=N–C) groups is 1. The lowest BCUT2D eigenvalue weighted by Crippen LogP contribution is -2.38. The summed E-state index contributed by atoms with van der Waals surface area (Å²) < 4.78 is 11.2. The molecule has 0 aliphatic carbocycles. The third kappa shape index (κ3) is 10.3. The highest BCUT2D eigenvalue weighted by Crippen LogP contribution is 2.10. The minimum Gasteiger partial charge on any atom is -0.378 e. The van der Waals surface area contributed by atoms with Crippen LogP contribution in [0.2, 0.25) is 0 Å². The van der Waals surface area contributed by atoms with Gasteiger partial charge in [-0.25, -0.2) is 0 Å². The molecule has 0 heterocycles. The first kappa shape index (κ1) is 25.1. The normalized spacial score (nSPS) is 12.6. The highest BCUT2D eigenvalue weighted by atomic mass is 127. The highest BCUT2D eigenvalue weighted by Gasteiger charge is 2.12. The van der Waals surface area contributed by atoms with E-state index in [9.17, 15) is 0 Å². The Bertz CT molecular complexity index is 492. The summed E-state index contributed by atoms with van der Waals surface area (Å²) in [6.07, 6.45) is 1.26. The van der Waals surface area contributed by atoms with Crippen molar-refractivity contribution < 1.29 is 9.47 Å². The van der Waals surface area contributed by atoms with Gasteiger partial charge in [0.25, 0.3) is 0 Å². The molecule has 1 aromatic rings. The Morgan fingerprint density at radius 1 is 1.04 bits per heavy atom. The summed E-state index contributed by atoms with van der Waals surface area (Å²) in [5, 5.41) is 6.71. The van der Waals surface area contributed by atoms with Gasteiger partial charge in [-0.1, -0.05) is 38.1 Å². The number of halogens is 1. The Morgan fingerprint density at radius 3 is 2.23 bits per heavy atom. The Balaban J connectivity index is 0.00000625. The van der Waals surface area contributed by atoms with Crippen LogP contribution in [-0.2, 0) is 22.6 Å². The zero-order valence-corrected chi connectivity index (χ0v) is 19.2. The maximum atomic E-state index is 5.78. The molecule has 0 aliphatic heterocycles. The molecule has 1 aromatic carbocycles. The largest absolute Gasteiger partial charge is 0.378 e. The summed E-state index contributed by atoms with van der Waals surface area (Å²) in [7, 11) is 1.79. The molecule has 1 unspecified atom stereocenters. The summed E-state index contributed by atoms with van der Waals surface area (Å²) in [6, 6.07) is 8.47. The van der Waals surface area contributed by atoms with Gasteiger partial charge in [-0.2, -0.15) is 0 Å². The maximum absolute atomic E-state index is 5.78. The molecule has 1 rings (SSSR count). The van der Waals surface area contributed by atoms with Crippen LogP contribution in [0.1, 0.15) is 45.2 Å². The van der Waals surface area contributed by atoms with Crippen molar-refractivity contribution in [3.8, 4) is 0 Å². The second-order valence-electron chi connectivity index (χ2n) is 6.33. The first-order chi connectivity index (χ1) is 12.1. The lowest BCUT2D eigenvalue weighted by molar-refractivity contribution is 0.0258. The van der Waals surface area contributed by atoms with Crippen LogP contribution in [0.4, 0.5) is 0 Å². The third-order valence-electron chi connectivity index (χ3n) is 4.03. The van der Waals surface area contributed by atoms with Gasteiger partial charge in [0.15, 0.2) is 5.96 Å². The number of benzene rings is 1. The standard InChI is InChI=1S/C20H35N3O2.HI/c1-6-24-15-18-10-8-17(9-11-18)14-23-20(21-5)22-13-12-19(16(3)4)25-7-2;/h8-11,16,19H,6-7,12-15H2,1-5H3,(H2,21,22,23);1H. The molecular weight excluding hydrogens is 441 g/mol. The maximum Gasteiger partial charge on any atom is 0.191 e. The van der Waals surface area contributed by atoms with E-state index in [2.05, 4.69) is 53.7 Å². The van der Waals surface area contributed by atoms with Crippen LogP contribution in [0, 0.1) is 5.92 Å². The number of nitrogens with one attached hydrogen (secondary N) is 2. The van der Waals surface area contributed by atoms with Gasteiger partial charge in [-0.15, -0.1) is 24.0 Å². The van der Waals surface area contributed by atoms with Crippen LogP contribution in [0.5, 0.6) is 0 Å². The van der Waals surface area contributed by atoms with Crippen molar-refractivity contribution in [2.75, 3.05) is 26.8 Å². The van der Waals surface area contributed by atoms with E-state index in [0.29, 0.717) is 12.5 Å². The Kier molecular flexibility index (Phi) is 14.7. The van der Waals surface area contributed by atoms with Crippen molar-refractivity contribution in [2.24, 2.45) is 10.9 Å². The number of nitrogens with zero attached hydrogens (tertiary/aromatic N) is 1. The van der Waals surface area contributed by atoms with E-state index in [1.54, 1.807) is 7.05 Å². The lowest BCUT2D eigenvalue weighted by Gasteiger charge is -2.21. The SMILES string of the molecule is CCOCc1ccc(CNC(=NC)NCCC(OCC)C(C)C)cc1.I.